The average Bonchev–Trinajstić information content (AvgIpc) is 2.76. The second kappa shape index (κ2) is 3.95. The maximum Gasteiger partial charge on any atom is 0.252 e. The van der Waals surface area contributed by atoms with Crippen molar-refractivity contribution in [2.24, 2.45) is 0 Å². The summed E-state index contributed by atoms with van der Waals surface area (Å²) in [5.41, 5.74) is -0.232. The molecule has 86 valence electrons. The number of hydrogen-bond acceptors (Lipinski definition) is 2. The van der Waals surface area contributed by atoms with Crippen molar-refractivity contribution in [2.45, 2.75) is 50.1 Å². The van der Waals surface area contributed by atoms with Crippen LogP contribution in [0.1, 0.15) is 33.1 Å². The third-order valence-electron chi connectivity index (χ3n) is 3.54. The van der Waals surface area contributed by atoms with Gasteiger partial charge in [-0.3, -0.25) is 4.79 Å². The molecule has 0 bridgehead atoms. The number of halogens is 1. The molecular weight excluding hydrogens is 214 g/mol. The van der Waals surface area contributed by atoms with Gasteiger partial charge in [-0.2, -0.15) is 0 Å². The molecule has 2 atom stereocenters. The number of likely N-dealkylation sites (tertiary alicyclic amines) is 1. The van der Waals surface area contributed by atoms with E-state index in [-0.39, 0.29) is 22.9 Å². The lowest BCUT2D eigenvalue weighted by molar-refractivity contribution is -0.144. The number of hydrogen-bond donors (Lipinski definition) is 0. The molecule has 2 aliphatic rings. The van der Waals surface area contributed by atoms with E-state index in [1.165, 1.54) is 0 Å². The van der Waals surface area contributed by atoms with E-state index >= 15 is 0 Å². The fraction of sp³-hybridized carbons (Fsp3) is 0.909. The number of amides is 1. The number of nitrogens with zero attached hydrogens (tertiary/aromatic N) is 1. The van der Waals surface area contributed by atoms with Crippen molar-refractivity contribution in [1.29, 1.82) is 0 Å². The number of alkyl halides is 1. The summed E-state index contributed by atoms with van der Waals surface area (Å²) in [5, 5.41) is 0.0582. The first kappa shape index (κ1) is 11.2. The molecule has 0 aliphatic carbocycles. The van der Waals surface area contributed by atoms with E-state index in [0.29, 0.717) is 0 Å². The van der Waals surface area contributed by atoms with Gasteiger partial charge in [-0.25, -0.2) is 0 Å². The Hall–Kier alpha value is -0.280. The van der Waals surface area contributed by atoms with E-state index in [1.54, 1.807) is 0 Å². The Kier molecular flexibility index (Phi) is 2.95. The van der Waals surface area contributed by atoms with Crippen LogP contribution in [0.2, 0.25) is 0 Å². The zero-order valence-corrected chi connectivity index (χ0v) is 10.1. The minimum absolute atomic E-state index is 0.0582. The molecule has 0 aromatic carbocycles. The summed E-state index contributed by atoms with van der Waals surface area (Å²) in [7, 11) is 0. The van der Waals surface area contributed by atoms with Gasteiger partial charge in [0.2, 0.25) is 0 Å². The summed E-state index contributed by atoms with van der Waals surface area (Å²) in [5.74, 6) is 0.126. The van der Waals surface area contributed by atoms with Gasteiger partial charge in [-0.15, -0.1) is 11.6 Å². The molecule has 0 spiro atoms. The van der Waals surface area contributed by atoms with Gasteiger partial charge in [0, 0.05) is 13.2 Å². The lowest BCUT2D eigenvalue weighted by Crippen LogP contribution is -2.50. The Morgan fingerprint density at radius 2 is 2.20 bits per heavy atom. The summed E-state index contributed by atoms with van der Waals surface area (Å²) in [6.07, 6.45) is 2.52. The van der Waals surface area contributed by atoms with Crippen LogP contribution in [-0.2, 0) is 9.53 Å². The van der Waals surface area contributed by atoms with Crippen molar-refractivity contribution in [3.8, 4) is 0 Å². The molecule has 2 saturated heterocycles. The van der Waals surface area contributed by atoms with Crippen LogP contribution in [0.4, 0.5) is 0 Å². The molecule has 4 heteroatoms. The van der Waals surface area contributed by atoms with Crippen LogP contribution in [0.25, 0.3) is 0 Å². The summed E-state index contributed by atoms with van der Waals surface area (Å²) in [6.45, 7) is 5.55. The normalized spacial score (nSPS) is 34.7. The molecule has 2 heterocycles. The average molecular weight is 232 g/mol. The van der Waals surface area contributed by atoms with E-state index in [0.717, 1.165) is 32.4 Å². The van der Waals surface area contributed by atoms with Crippen LogP contribution in [0, 0.1) is 0 Å². The molecule has 0 radical (unpaired) electrons. The number of ether oxygens (including phenoxy) is 1. The van der Waals surface area contributed by atoms with Gasteiger partial charge in [0.1, 0.15) is 6.10 Å². The molecule has 0 N–H and O–H groups in total. The Morgan fingerprint density at radius 1 is 1.47 bits per heavy atom. The molecule has 0 aromatic rings. The molecule has 15 heavy (non-hydrogen) atoms. The third kappa shape index (κ3) is 1.87. The Labute approximate surface area is 95.7 Å². The second-order valence-corrected chi connectivity index (χ2v) is 5.43. The Bertz CT molecular complexity index is 261. The smallest absolute Gasteiger partial charge is 0.252 e. The predicted octanol–water partition coefficient (Wildman–Crippen LogP) is 1.78. The highest BCUT2D eigenvalue weighted by atomic mass is 35.5. The molecule has 0 aromatic heterocycles. The maximum atomic E-state index is 12.2. The highest BCUT2D eigenvalue weighted by molar-refractivity contribution is 6.21. The van der Waals surface area contributed by atoms with Crippen LogP contribution in [0.3, 0.4) is 0 Å². The van der Waals surface area contributed by atoms with Gasteiger partial charge in [-0.1, -0.05) is 0 Å². The summed E-state index contributed by atoms with van der Waals surface area (Å²) in [4.78, 5) is 14.0. The largest absolute Gasteiger partial charge is 0.368 e. The molecule has 2 fully saturated rings. The zero-order chi connectivity index (χ0) is 11.1. The van der Waals surface area contributed by atoms with Gasteiger partial charge >= 0.3 is 0 Å². The van der Waals surface area contributed by atoms with E-state index in [9.17, 15) is 4.79 Å². The molecule has 2 rings (SSSR count). The molecule has 2 aliphatic heterocycles. The summed E-state index contributed by atoms with van der Waals surface area (Å²) >= 11 is 6.21. The minimum atomic E-state index is -0.232. The number of carbonyl (C=O) groups is 1. The van der Waals surface area contributed by atoms with Gasteiger partial charge in [0.25, 0.3) is 5.91 Å². The van der Waals surface area contributed by atoms with Crippen LogP contribution in [0.15, 0.2) is 0 Å². The molecular formula is C11H18ClNO2. The molecule has 3 nitrogen and oxygen atoms in total. The lowest BCUT2D eigenvalue weighted by Gasteiger charge is -2.35. The van der Waals surface area contributed by atoms with Crippen molar-refractivity contribution in [1.82, 2.24) is 4.90 Å². The predicted molar refractivity (Wildman–Crippen MR) is 59.0 cm³/mol. The highest BCUT2D eigenvalue weighted by Crippen LogP contribution is 2.34. The Morgan fingerprint density at radius 3 is 2.67 bits per heavy atom. The van der Waals surface area contributed by atoms with Gasteiger partial charge in [0.05, 0.1) is 10.9 Å². The second-order valence-electron chi connectivity index (χ2n) is 4.90. The van der Waals surface area contributed by atoms with E-state index < -0.39 is 0 Å². The number of rotatable bonds is 1. The monoisotopic (exact) mass is 231 g/mol. The van der Waals surface area contributed by atoms with Gasteiger partial charge in [-0.05, 0) is 33.1 Å². The fourth-order valence-corrected chi connectivity index (χ4v) is 2.61. The van der Waals surface area contributed by atoms with Crippen molar-refractivity contribution in [3.63, 3.8) is 0 Å². The minimum Gasteiger partial charge on any atom is -0.368 e. The zero-order valence-electron chi connectivity index (χ0n) is 9.33. The third-order valence-corrected chi connectivity index (χ3v) is 4.29. The van der Waals surface area contributed by atoms with Crippen molar-refractivity contribution in [2.75, 3.05) is 13.2 Å². The van der Waals surface area contributed by atoms with Crippen molar-refractivity contribution >= 4 is 17.5 Å². The van der Waals surface area contributed by atoms with Crippen LogP contribution in [0.5, 0.6) is 0 Å². The van der Waals surface area contributed by atoms with E-state index in [1.807, 2.05) is 18.7 Å². The van der Waals surface area contributed by atoms with Gasteiger partial charge in [0.15, 0.2) is 0 Å². The first-order valence-electron chi connectivity index (χ1n) is 5.60. The quantitative estimate of drug-likeness (QED) is 0.644. The van der Waals surface area contributed by atoms with Crippen molar-refractivity contribution < 1.29 is 9.53 Å². The van der Waals surface area contributed by atoms with Gasteiger partial charge < -0.3 is 9.64 Å². The SMILES string of the molecule is CC1(C)C(Cl)CCN1C(=O)C1CCCO1. The van der Waals surface area contributed by atoms with E-state index in [4.69, 9.17) is 16.3 Å². The van der Waals surface area contributed by atoms with Crippen LogP contribution in [-0.4, -0.2) is 41.0 Å². The highest BCUT2D eigenvalue weighted by Gasteiger charge is 2.45. The first-order valence-corrected chi connectivity index (χ1v) is 6.04. The summed E-state index contributed by atoms with van der Waals surface area (Å²) in [6, 6.07) is 0. The lowest BCUT2D eigenvalue weighted by atomic mass is 10.0. The standard InChI is InChI=1S/C11H18ClNO2/c1-11(2)9(12)5-6-13(11)10(14)8-4-3-7-15-8/h8-9H,3-7H2,1-2H3. The molecule has 2 unspecified atom stereocenters. The maximum absolute atomic E-state index is 12.2. The molecule has 0 saturated carbocycles. The van der Waals surface area contributed by atoms with Crippen LogP contribution < -0.4 is 0 Å². The molecule has 1 amide bonds. The Balaban J connectivity index is 2.07. The van der Waals surface area contributed by atoms with Crippen LogP contribution >= 0.6 is 11.6 Å². The fourth-order valence-electron chi connectivity index (χ4n) is 2.39. The first-order chi connectivity index (χ1) is 7.03. The topological polar surface area (TPSA) is 29.5 Å². The summed E-state index contributed by atoms with van der Waals surface area (Å²) < 4.78 is 5.42. The van der Waals surface area contributed by atoms with Crippen molar-refractivity contribution in [3.05, 3.63) is 0 Å². The van der Waals surface area contributed by atoms with E-state index in [2.05, 4.69) is 0 Å². The number of carbonyl (C=O) groups excluding carboxylic acids is 1.